The molecule has 4 aromatic rings. The second-order valence-corrected chi connectivity index (χ2v) is 8.52. The smallest absolute Gasteiger partial charge is 0.456 e. The van der Waals surface area contributed by atoms with Crippen molar-refractivity contribution >= 4 is 34.5 Å². The summed E-state index contributed by atoms with van der Waals surface area (Å²) >= 11 is 0. The molecule has 1 fully saturated rings. The van der Waals surface area contributed by atoms with Crippen molar-refractivity contribution in [3.05, 3.63) is 66.7 Å². The zero-order valence-corrected chi connectivity index (χ0v) is 18.7. The summed E-state index contributed by atoms with van der Waals surface area (Å²) in [6.45, 7) is 12.3. The highest BCUT2D eigenvalue weighted by Crippen LogP contribution is 2.37. The van der Waals surface area contributed by atoms with Gasteiger partial charge in [-0.15, -0.1) is 0 Å². The predicted octanol–water partition coefficient (Wildman–Crippen LogP) is 6.58. The Balaban J connectivity index is 0.00000106. The van der Waals surface area contributed by atoms with Gasteiger partial charge in [0.15, 0.2) is 0 Å². The van der Waals surface area contributed by atoms with Gasteiger partial charge in [-0.3, -0.25) is 0 Å². The first kappa shape index (κ1) is 20.7. The van der Waals surface area contributed by atoms with E-state index in [2.05, 4.69) is 70.2 Å². The van der Waals surface area contributed by atoms with Crippen molar-refractivity contribution in [3.8, 4) is 11.1 Å². The first-order valence-electron chi connectivity index (χ1n) is 10.7. The van der Waals surface area contributed by atoms with Crippen molar-refractivity contribution < 1.29 is 13.7 Å². The number of para-hydroxylation sites is 1. The molecule has 1 aromatic heterocycles. The first-order valence-corrected chi connectivity index (χ1v) is 10.7. The fraction of sp³-hybridized carbons (Fsp3) is 0.308. The fourth-order valence-corrected chi connectivity index (χ4v) is 3.72. The number of hydrogen-bond donors (Lipinski definition) is 0. The molecule has 1 saturated heterocycles. The molecule has 4 heteroatoms. The van der Waals surface area contributed by atoms with Crippen LogP contribution in [-0.4, -0.2) is 18.3 Å². The van der Waals surface area contributed by atoms with Gasteiger partial charge in [-0.25, -0.2) is 0 Å². The van der Waals surface area contributed by atoms with Gasteiger partial charge in [0.05, 0.1) is 11.2 Å². The van der Waals surface area contributed by atoms with Gasteiger partial charge in [-0.1, -0.05) is 62.4 Å². The molecule has 0 spiro atoms. The Hall–Kier alpha value is -2.56. The minimum Gasteiger partial charge on any atom is -0.456 e. The maximum atomic E-state index is 6.16. The third-order valence-electron chi connectivity index (χ3n) is 6.15. The van der Waals surface area contributed by atoms with Crippen LogP contribution < -0.4 is 5.46 Å². The van der Waals surface area contributed by atoms with E-state index < -0.39 is 0 Å². The number of fused-ring (bicyclic) bond motifs is 3. The van der Waals surface area contributed by atoms with Crippen LogP contribution >= 0.6 is 0 Å². The molecule has 1 aliphatic heterocycles. The number of furan rings is 1. The van der Waals surface area contributed by atoms with E-state index in [4.69, 9.17) is 13.7 Å². The summed E-state index contributed by atoms with van der Waals surface area (Å²) in [4.78, 5) is 0. The van der Waals surface area contributed by atoms with Crippen LogP contribution in [0, 0.1) is 0 Å². The lowest BCUT2D eigenvalue weighted by atomic mass is 9.78. The summed E-state index contributed by atoms with van der Waals surface area (Å²) in [5, 5.41) is 2.29. The maximum absolute atomic E-state index is 6.16. The summed E-state index contributed by atoms with van der Waals surface area (Å²) in [5.41, 5.74) is 4.54. The molecule has 0 N–H and O–H groups in total. The largest absolute Gasteiger partial charge is 0.494 e. The molecule has 0 amide bonds. The maximum Gasteiger partial charge on any atom is 0.494 e. The van der Waals surface area contributed by atoms with Gasteiger partial charge in [0.2, 0.25) is 0 Å². The third-order valence-corrected chi connectivity index (χ3v) is 6.15. The van der Waals surface area contributed by atoms with Crippen LogP contribution in [0.3, 0.4) is 0 Å². The average molecular weight is 400 g/mol. The molecule has 5 rings (SSSR count). The van der Waals surface area contributed by atoms with Crippen LogP contribution in [0.25, 0.3) is 33.1 Å². The van der Waals surface area contributed by atoms with E-state index in [9.17, 15) is 0 Å². The molecule has 154 valence electrons. The molecule has 0 atom stereocenters. The Kier molecular flexibility index (Phi) is 5.25. The molecule has 1 aliphatic rings. The summed E-state index contributed by atoms with van der Waals surface area (Å²) in [6, 6.07) is 23.0. The Bertz CT molecular complexity index is 1160. The van der Waals surface area contributed by atoms with E-state index >= 15 is 0 Å². The first-order chi connectivity index (χ1) is 14.3. The summed E-state index contributed by atoms with van der Waals surface area (Å²) < 4.78 is 18.2. The van der Waals surface area contributed by atoms with Crippen molar-refractivity contribution in [1.82, 2.24) is 0 Å². The minimum atomic E-state index is -0.334. The van der Waals surface area contributed by atoms with E-state index in [1.165, 1.54) is 5.56 Å². The zero-order valence-electron chi connectivity index (χ0n) is 18.7. The quantitative estimate of drug-likeness (QED) is 0.356. The molecule has 0 saturated carbocycles. The molecular weight excluding hydrogens is 371 g/mol. The van der Waals surface area contributed by atoms with Gasteiger partial charge in [0.1, 0.15) is 11.2 Å². The molecular formula is C26H29BO3. The lowest BCUT2D eigenvalue weighted by Gasteiger charge is -2.32. The van der Waals surface area contributed by atoms with Crippen LogP contribution in [0.5, 0.6) is 0 Å². The van der Waals surface area contributed by atoms with Crippen molar-refractivity contribution in [2.24, 2.45) is 0 Å². The fourth-order valence-electron chi connectivity index (χ4n) is 3.72. The normalized spacial score (nSPS) is 17.2. The number of hydrogen-bond acceptors (Lipinski definition) is 3. The van der Waals surface area contributed by atoms with E-state index in [-0.39, 0.29) is 18.3 Å². The van der Waals surface area contributed by atoms with E-state index in [0.717, 1.165) is 33.0 Å². The van der Waals surface area contributed by atoms with Gasteiger partial charge in [0.25, 0.3) is 0 Å². The third kappa shape index (κ3) is 3.44. The van der Waals surface area contributed by atoms with Crippen molar-refractivity contribution in [2.45, 2.75) is 52.7 Å². The molecule has 3 aromatic carbocycles. The number of rotatable bonds is 2. The number of benzene rings is 3. The van der Waals surface area contributed by atoms with Gasteiger partial charge >= 0.3 is 7.12 Å². The summed E-state index contributed by atoms with van der Waals surface area (Å²) in [6.07, 6.45) is 0. The van der Waals surface area contributed by atoms with Crippen LogP contribution in [-0.2, 0) is 9.31 Å². The predicted molar refractivity (Wildman–Crippen MR) is 126 cm³/mol. The molecule has 3 nitrogen and oxygen atoms in total. The standard InChI is InChI=1S/C24H23BO3.C2H6/c1-23(2)24(3,4)28-25(27-23)18-12-9-16(10-13-18)17-11-14-22-20(15-17)19-7-5-6-8-21(19)26-22;1-2/h5-15H,1-4H3;1-2H3. The van der Waals surface area contributed by atoms with Gasteiger partial charge < -0.3 is 13.7 Å². The average Bonchev–Trinajstić information content (AvgIpc) is 3.22. The molecule has 0 radical (unpaired) electrons. The lowest BCUT2D eigenvalue weighted by Crippen LogP contribution is -2.41. The summed E-state index contributed by atoms with van der Waals surface area (Å²) in [5.74, 6) is 0. The van der Waals surface area contributed by atoms with Gasteiger partial charge in [-0.2, -0.15) is 0 Å². The highest BCUT2D eigenvalue weighted by atomic mass is 16.7. The van der Waals surface area contributed by atoms with Crippen LogP contribution in [0.2, 0.25) is 0 Å². The molecule has 30 heavy (non-hydrogen) atoms. The Morgan fingerprint density at radius 2 is 1.20 bits per heavy atom. The minimum absolute atomic E-state index is 0.330. The Morgan fingerprint density at radius 1 is 0.633 bits per heavy atom. The Morgan fingerprint density at radius 3 is 1.87 bits per heavy atom. The lowest BCUT2D eigenvalue weighted by molar-refractivity contribution is 0.00578. The van der Waals surface area contributed by atoms with E-state index in [1.807, 2.05) is 38.1 Å². The van der Waals surface area contributed by atoms with E-state index in [0.29, 0.717) is 0 Å². The SMILES string of the molecule is CC.CC1(C)OB(c2ccc(-c3ccc4oc5ccccc5c4c3)cc2)OC1(C)C. The highest BCUT2D eigenvalue weighted by Gasteiger charge is 2.51. The van der Waals surface area contributed by atoms with Crippen LogP contribution in [0.15, 0.2) is 71.1 Å². The zero-order chi connectivity index (χ0) is 21.5. The van der Waals surface area contributed by atoms with Gasteiger partial charge in [-0.05, 0) is 62.5 Å². The Labute approximate surface area is 179 Å². The molecule has 2 heterocycles. The van der Waals surface area contributed by atoms with Gasteiger partial charge in [0, 0.05) is 10.8 Å². The van der Waals surface area contributed by atoms with Crippen molar-refractivity contribution in [2.75, 3.05) is 0 Å². The molecule has 0 bridgehead atoms. The van der Waals surface area contributed by atoms with E-state index in [1.54, 1.807) is 0 Å². The second-order valence-electron chi connectivity index (χ2n) is 8.52. The van der Waals surface area contributed by atoms with Crippen molar-refractivity contribution in [1.29, 1.82) is 0 Å². The molecule has 0 unspecified atom stereocenters. The van der Waals surface area contributed by atoms with Crippen LogP contribution in [0.1, 0.15) is 41.5 Å². The second kappa shape index (κ2) is 7.61. The molecule has 0 aliphatic carbocycles. The summed E-state index contributed by atoms with van der Waals surface area (Å²) in [7, 11) is -0.334. The van der Waals surface area contributed by atoms with Crippen molar-refractivity contribution in [3.63, 3.8) is 0 Å². The monoisotopic (exact) mass is 400 g/mol. The highest BCUT2D eigenvalue weighted by molar-refractivity contribution is 6.62. The topological polar surface area (TPSA) is 31.6 Å². The van der Waals surface area contributed by atoms with Crippen LogP contribution in [0.4, 0.5) is 0 Å².